The molecule has 3 amide bonds. The molecule has 6 heteroatoms. The van der Waals surface area contributed by atoms with Crippen LogP contribution in [0.25, 0.3) is 0 Å². The summed E-state index contributed by atoms with van der Waals surface area (Å²) in [6, 6.07) is 9.31. The lowest BCUT2D eigenvalue weighted by atomic mass is 10.00. The van der Waals surface area contributed by atoms with Gasteiger partial charge in [0, 0.05) is 19.6 Å². The Kier molecular flexibility index (Phi) is 5.04. The van der Waals surface area contributed by atoms with Crippen molar-refractivity contribution in [1.29, 1.82) is 0 Å². The first-order valence-corrected chi connectivity index (χ1v) is 8.71. The van der Waals surface area contributed by atoms with Crippen LogP contribution in [0.15, 0.2) is 30.3 Å². The van der Waals surface area contributed by atoms with Gasteiger partial charge < -0.3 is 9.80 Å². The van der Waals surface area contributed by atoms with Gasteiger partial charge in [0.25, 0.3) is 0 Å². The van der Waals surface area contributed by atoms with Crippen molar-refractivity contribution in [2.24, 2.45) is 0 Å². The number of urea groups is 1. The number of benzene rings is 1. The van der Waals surface area contributed by atoms with Gasteiger partial charge in [0.15, 0.2) is 0 Å². The smallest absolute Gasteiger partial charge is 0.341 e. The SMILES string of the molecule is CCN(CC)C(=O)[C@@H]1CC[C@@H]2CN1C(=O)N2OCc1ccccc1. The summed E-state index contributed by atoms with van der Waals surface area (Å²) in [6.07, 6.45) is 1.51. The average molecular weight is 331 g/mol. The summed E-state index contributed by atoms with van der Waals surface area (Å²) in [5.41, 5.74) is 1.03. The average Bonchev–Trinajstić information content (AvgIpc) is 2.86. The fourth-order valence-corrected chi connectivity index (χ4v) is 3.52. The lowest BCUT2D eigenvalue weighted by molar-refractivity contribution is -0.140. The summed E-state index contributed by atoms with van der Waals surface area (Å²) in [6.45, 7) is 6.22. The fraction of sp³-hybridized carbons (Fsp3) is 0.556. The zero-order valence-electron chi connectivity index (χ0n) is 14.4. The zero-order valence-corrected chi connectivity index (χ0v) is 14.4. The number of carbonyl (C=O) groups is 2. The highest BCUT2D eigenvalue weighted by molar-refractivity contribution is 5.88. The van der Waals surface area contributed by atoms with Crippen LogP contribution in [0.2, 0.25) is 0 Å². The van der Waals surface area contributed by atoms with E-state index in [2.05, 4.69) is 0 Å². The molecule has 130 valence electrons. The molecule has 1 aromatic carbocycles. The summed E-state index contributed by atoms with van der Waals surface area (Å²) < 4.78 is 0. The number of carbonyl (C=O) groups excluding carboxylic acids is 2. The molecule has 1 aromatic rings. The summed E-state index contributed by atoms with van der Waals surface area (Å²) in [5, 5.41) is 1.47. The standard InChI is InChI=1S/C18H25N3O3/c1-3-19(4-2)17(22)16-11-10-15-12-20(16)18(23)21(15)24-13-14-8-6-5-7-9-14/h5-9,15-16H,3-4,10-13H2,1-2H3/t15-,16+/m1/s1. The van der Waals surface area contributed by atoms with Gasteiger partial charge in [-0.1, -0.05) is 30.3 Å². The molecule has 2 atom stereocenters. The van der Waals surface area contributed by atoms with Gasteiger partial charge in [-0.2, -0.15) is 5.06 Å². The van der Waals surface area contributed by atoms with Crippen molar-refractivity contribution in [3.63, 3.8) is 0 Å². The minimum Gasteiger partial charge on any atom is -0.341 e. The molecule has 2 aliphatic heterocycles. The molecular formula is C18H25N3O3. The third-order valence-corrected chi connectivity index (χ3v) is 4.90. The quantitative estimate of drug-likeness (QED) is 0.803. The van der Waals surface area contributed by atoms with Crippen LogP contribution < -0.4 is 0 Å². The molecule has 6 nitrogen and oxygen atoms in total. The largest absolute Gasteiger partial charge is 0.345 e. The maximum atomic E-state index is 12.7. The van der Waals surface area contributed by atoms with Crippen LogP contribution in [0.1, 0.15) is 32.3 Å². The van der Waals surface area contributed by atoms with E-state index in [-0.39, 0.29) is 24.0 Å². The minimum atomic E-state index is -0.348. The van der Waals surface area contributed by atoms with E-state index in [9.17, 15) is 9.59 Å². The molecular weight excluding hydrogens is 306 g/mol. The minimum absolute atomic E-state index is 0.0435. The van der Waals surface area contributed by atoms with E-state index >= 15 is 0 Å². The number of fused-ring (bicyclic) bond motifs is 2. The Morgan fingerprint density at radius 3 is 2.58 bits per heavy atom. The van der Waals surface area contributed by atoms with Gasteiger partial charge >= 0.3 is 6.03 Å². The number of hydrogen-bond acceptors (Lipinski definition) is 3. The molecule has 0 saturated carbocycles. The van der Waals surface area contributed by atoms with E-state index in [0.717, 1.165) is 12.0 Å². The molecule has 2 fully saturated rings. The molecule has 0 radical (unpaired) electrons. The van der Waals surface area contributed by atoms with Crippen LogP contribution in [-0.2, 0) is 16.2 Å². The molecule has 2 bridgehead atoms. The Balaban J connectivity index is 1.65. The highest BCUT2D eigenvalue weighted by atomic mass is 16.7. The Morgan fingerprint density at radius 1 is 1.21 bits per heavy atom. The number of hydrogen-bond donors (Lipinski definition) is 0. The zero-order chi connectivity index (χ0) is 17.1. The first kappa shape index (κ1) is 16.8. The van der Waals surface area contributed by atoms with Crippen LogP contribution in [0.3, 0.4) is 0 Å². The lowest BCUT2D eigenvalue weighted by Crippen LogP contribution is -2.51. The second-order valence-electron chi connectivity index (χ2n) is 6.28. The van der Waals surface area contributed by atoms with Crippen LogP contribution >= 0.6 is 0 Å². The summed E-state index contributed by atoms with van der Waals surface area (Å²) in [5.74, 6) is 0.0525. The molecule has 2 aliphatic rings. The van der Waals surface area contributed by atoms with Crippen molar-refractivity contribution in [2.75, 3.05) is 19.6 Å². The van der Waals surface area contributed by atoms with Crippen LogP contribution in [0.5, 0.6) is 0 Å². The first-order valence-electron chi connectivity index (χ1n) is 8.71. The van der Waals surface area contributed by atoms with Gasteiger partial charge in [-0.25, -0.2) is 4.79 Å². The molecule has 24 heavy (non-hydrogen) atoms. The predicted octanol–water partition coefficient (Wildman–Crippen LogP) is 2.26. The van der Waals surface area contributed by atoms with Gasteiger partial charge in [-0.05, 0) is 32.3 Å². The van der Waals surface area contributed by atoms with Gasteiger partial charge in [0.2, 0.25) is 5.91 Å². The number of piperidine rings is 1. The Hall–Kier alpha value is -2.08. The summed E-state index contributed by atoms with van der Waals surface area (Å²) in [7, 11) is 0. The number of rotatable bonds is 6. The number of amides is 3. The van der Waals surface area contributed by atoms with Crippen LogP contribution in [0, 0.1) is 0 Å². The molecule has 2 saturated heterocycles. The van der Waals surface area contributed by atoms with Gasteiger partial charge in [0.1, 0.15) is 12.6 Å². The Bertz CT molecular complexity index is 588. The lowest BCUT2D eigenvalue weighted by Gasteiger charge is -2.33. The third kappa shape index (κ3) is 3.11. The number of nitrogens with zero attached hydrogens (tertiary/aromatic N) is 3. The van der Waals surface area contributed by atoms with E-state index in [0.29, 0.717) is 32.7 Å². The van der Waals surface area contributed by atoms with Crippen molar-refractivity contribution in [3.05, 3.63) is 35.9 Å². The maximum Gasteiger partial charge on any atom is 0.345 e. The molecule has 0 N–H and O–H groups in total. The maximum absolute atomic E-state index is 12.7. The predicted molar refractivity (Wildman–Crippen MR) is 89.9 cm³/mol. The monoisotopic (exact) mass is 331 g/mol. The van der Waals surface area contributed by atoms with Crippen molar-refractivity contribution < 1.29 is 14.4 Å². The molecule has 0 spiro atoms. The van der Waals surface area contributed by atoms with E-state index in [1.807, 2.05) is 44.2 Å². The van der Waals surface area contributed by atoms with Crippen LogP contribution in [0.4, 0.5) is 4.79 Å². The van der Waals surface area contributed by atoms with Crippen molar-refractivity contribution in [2.45, 2.75) is 45.4 Å². The van der Waals surface area contributed by atoms with Crippen molar-refractivity contribution in [1.82, 2.24) is 14.9 Å². The van der Waals surface area contributed by atoms with Crippen molar-refractivity contribution in [3.8, 4) is 0 Å². The highest BCUT2D eigenvalue weighted by Gasteiger charge is 2.48. The van der Waals surface area contributed by atoms with Gasteiger partial charge in [-0.3, -0.25) is 9.63 Å². The van der Waals surface area contributed by atoms with E-state index < -0.39 is 0 Å². The molecule has 2 heterocycles. The second-order valence-corrected chi connectivity index (χ2v) is 6.28. The molecule has 0 aromatic heterocycles. The number of likely N-dealkylation sites (N-methyl/N-ethyl adjacent to an activating group) is 1. The fourth-order valence-electron chi connectivity index (χ4n) is 3.52. The van der Waals surface area contributed by atoms with Crippen molar-refractivity contribution >= 4 is 11.9 Å². The first-order chi connectivity index (χ1) is 11.7. The molecule has 0 aliphatic carbocycles. The third-order valence-electron chi connectivity index (χ3n) is 4.90. The second kappa shape index (κ2) is 7.21. The molecule has 3 rings (SSSR count). The topological polar surface area (TPSA) is 53.1 Å². The van der Waals surface area contributed by atoms with Gasteiger partial charge in [-0.15, -0.1) is 0 Å². The highest BCUT2D eigenvalue weighted by Crippen LogP contribution is 2.31. The van der Waals surface area contributed by atoms with E-state index in [1.54, 1.807) is 9.80 Å². The Labute approximate surface area is 142 Å². The van der Waals surface area contributed by atoms with E-state index in [4.69, 9.17) is 4.84 Å². The van der Waals surface area contributed by atoms with Gasteiger partial charge in [0.05, 0.1) is 6.04 Å². The van der Waals surface area contributed by atoms with E-state index in [1.165, 1.54) is 5.06 Å². The number of hydroxylamine groups is 2. The Morgan fingerprint density at radius 2 is 1.92 bits per heavy atom. The summed E-state index contributed by atoms with van der Waals surface area (Å²) in [4.78, 5) is 34.6. The normalized spacial score (nSPS) is 22.8. The molecule has 0 unspecified atom stereocenters. The van der Waals surface area contributed by atoms with Crippen LogP contribution in [-0.4, -0.2) is 58.5 Å². The summed E-state index contributed by atoms with van der Waals surface area (Å²) >= 11 is 0.